The fraction of sp³-hybridized carbons (Fsp3) is 0.278. The van der Waals surface area contributed by atoms with Crippen LogP contribution in [0.4, 0.5) is 5.69 Å². The summed E-state index contributed by atoms with van der Waals surface area (Å²) >= 11 is 0. The van der Waals surface area contributed by atoms with Crippen LogP contribution in [0.15, 0.2) is 36.4 Å². The molecule has 1 N–H and O–H groups in total. The highest BCUT2D eigenvalue weighted by Crippen LogP contribution is 2.14. The van der Waals surface area contributed by atoms with Crippen LogP contribution in [0.3, 0.4) is 0 Å². The fourth-order valence-electron chi connectivity index (χ4n) is 2.28. The maximum atomic E-state index is 12.2. The Morgan fingerprint density at radius 3 is 2.15 bits per heavy atom. The zero-order valence-electron chi connectivity index (χ0n) is 12.6. The number of carbonyl (C=O) groups excluding carboxylic acids is 1. The summed E-state index contributed by atoms with van der Waals surface area (Å²) in [6.07, 6.45) is 0. The molecule has 0 bridgehead atoms. The van der Waals surface area contributed by atoms with Gasteiger partial charge in [0.2, 0.25) is 0 Å². The van der Waals surface area contributed by atoms with Gasteiger partial charge in [0.15, 0.2) is 5.78 Å². The number of hydrogen-bond donors (Lipinski definition) is 1. The van der Waals surface area contributed by atoms with Crippen molar-refractivity contribution in [3.8, 4) is 0 Å². The average Bonchev–Trinajstić information content (AvgIpc) is 2.38. The molecule has 0 aromatic heterocycles. The lowest BCUT2D eigenvalue weighted by molar-refractivity contribution is 0.101. The molecule has 20 heavy (non-hydrogen) atoms. The molecule has 0 aliphatic carbocycles. The van der Waals surface area contributed by atoms with Gasteiger partial charge in [0.05, 0.1) is 6.54 Å². The van der Waals surface area contributed by atoms with Crippen LogP contribution in [0.5, 0.6) is 0 Å². The summed E-state index contributed by atoms with van der Waals surface area (Å²) in [6, 6.07) is 12.1. The molecule has 2 aromatic rings. The summed E-state index contributed by atoms with van der Waals surface area (Å²) in [4.78, 5) is 12.2. The maximum Gasteiger partial charge on any atom is 0.181 e. The molecule has 0 aliphatic heterocycles. The lowest BCUT2D eigenvalue weighted by Gasteiger charge is -2.09. The molecule has 0 aliphatic rings. The summed E-state index contributed by atoms with van der Waals surface area (Å²) in [5.41, 5.74) is 6.54. The van der Waals surface area contributed by atoms with E-state index in [1.807, 2.05) is 25.1 Å². The van der Waals surface area contributed by atoms with E-state index in [0.717, 1.165) is 16.8 Å². The molecule has 2 nitrogen and oxygen atoms in total. The van der Waals surface area contributed by atoms with E-state index >= 15 is 0 Å². The summed E-state index contributed by atoms with van der Waals surface area (Å²) in [5, 5.41) is 3.21. The molecule has 0 atom stereocenters. The van der Waals surface area contributed by atoms with Crippen LogP contribution in [-0.2, 0) is 0 Å². The largest absolute Gasteiger partial charge is 0.378 e. The third-order valence-electron chi connectivity index (χ3n) is 3.50. The van der Waals surface area contributed by atoms with Crippen LogP contribution in [0.2, 0.25) is 0 Å². The van der Waals surface area contributed by atoms with Gasteiger partial charge in [0.25, 0.3) is 0 Å². The van der Waals surface area contributed by atoms with Crippen molar-refractivity contribution in [2.75, 3.05) is 11.9 Å². The van der Waals surface area contributed by atoms with Crippen LogP contribution in [0, 0.1) is 27.7 Å². The van der Waals surface area contributed by atoms with Crippen molar-refractivity contribution in [3.63, 3.8) is 0 Å². The van der Waals surface area contributed by atoms with Gasteiger partial charge in [0, 0.05) is 11.3 Å². The number of aryl methyl sites for hydroxylation is 4. The first kappa shape index (κ1) is 14.3. The van der Waals surface area contributed by atoms with Gasteiger partial charge in [-0.05, 0) is 68.1 Å². The second-order valence-corrected chi connectivity index (χ2v) is 5.45. The first-order chi connectivity index (χ1) is 9.45. The molecule has 0 saturated carbocycles. The van der Waals surface area contributed by atoms with Gasteiger partial charge in [-0.15, -0.1) is 0 Å². The number of nitrogens with one attached hydrogen (secondary N) is 1. The fourth-order valence-corrected chi connectivity index (χ4v) is 2.28. The molecule has 0 amide bonds. The molecule has 2 heteroatoms. The quantitative estimate of drug-likeness (QED) is 0.840. The van der Waals surface area contributed by atoms with Crippen LogP contribution < -0.4 is 5.32 Å². The summed E-state index contributed by atoms with van der Waals surface area (Å²) in [6.45, 7) is 8.53. The number of Topliss-reactive ketones (excluding diaryl/α,β-unsaturated/α-hetero) is 1. The highest BCUT2D eigenvalue weighted by molar-refractivity contribution is 5.99. The van der Waals surface area contributed by atoms with Gasteiger partial charge >= 0.3 is 0 Å². The van der Waals surface area contributed by atoms with Crippen LogP contribution in [0.25, 0.3) is 0 Å². The van der Waals surface area contributed by atoms with E-state index in [0.29, 0.717) is 6.54 Å². The number of benzene rings is 2. The minimum Gasteiger partial charge on any atom is -0.378 e. The van der Waals surface area contributed by atoms with E-state index in [-0.39, 0.29) is 5.78 Å². The highest BCUT2D eigenvalue weighted by atomic mass is 16.1. The highest BCUT2D eigenvalue weighted by Gasteiger charge is 2.07. The molecule has 2 rings (SSSR count). The van der Waals surface area contributed by atoms with Gasteiger partial charge in [-0.3, -0.25) is 4.79 Å². The number of hydrogen-bond acceptors (Lipinski definition) is 2. The average molecular weight is 267 g/mol. The van der Waals surface area contributed by atoms with Crippen molar-refractivity contribution in [1.82, 2.24) is 0 Å². The van der Waals surface area contributed by atoms with Gasteiger partial charge in [-0.1, -0.05) is 18.2 Å². The van der Waals surface area contributed by atoms with E-state index in [2.05, 4.69) is 44.3 Å². The third kappa shape index (κ3) is 3.47. The molecular weight excluding hydrogens is 246 g/mol. The maximum absolute atomic E-state index is 12.2. The Hall–Kier alpha value is -2.09. The molecular formula is C18H21NO. The molecule has 2 aromatic carbocycles. The van der Waals surface area contributed by atoms with Gasteiger partial charge in [-0.2, -0.15) is 0 Å². The third-order valence-corrected chi connectivity index (χ3v) is 3.50. The Bertz CT molecular complexity index is 624. The second-order valence-electron chi connectivity index (χ2n) is 5.45. The molecule has 104 valence electrons. The van der Waals surface area contributed by atoms with Crippen molar-refractivity contribution in [2.45, 2.75) is 27.7 Å². The van der Waals surface area contributed by atoms with E-state index in [1.54, 1.807) is 0 Å². The Morgan fingerprint density at radius 2 is 1.55 bits per heavy atom. The predicted molar refractivity (Wildman–Crippen MR) is 84.7 cm³/mol. The standard InChI is InChI=1S/C18H21NO/c1-12-7-13(2)9-17(8-12)19-11-18(20)16-6-5-14(3)15(4)10-16/h5-10,19H,11H2,1-4H3. The lowest BCUT2D eigenvalue weighted by atomic mass is 10.0. The number of carbonyl (C=O) groups is 1. The number of rotatable bonds is 4. The smallest absolute Gasteiger partial charge is 0.181 e. The second kappa shape index (κ2) is 5.91. The first-order valence-corrected chi connectivity index (χ1v) is 6.88. The van der Waals surface area contributed by atoms with E-state index in [9.17, 15) is 4.79 Å². The summed E-state index contributed by atoms with van der Waals surface area (Å²) < 4.78 is 0. The minimum absolute atomic E-state index is 0.118. The SMILES string of the molecule is Cc1cc(C)cc(NCC(=O)c2ccc(C)c(C)c2)c1. The normalized spacial score (nSPS) is 10.4. The van der Waals surface area contributed by atoms with E-state index < -0.39 is 0 Å². The number of anilines is 1. The number of ketones is 1. The topological polar surface area (TPSA) is 29.1 Å². The Morgan fingerprint density at radius 1 is 0.900 bits per heavy atom. The minimum atomic E-state index is 0.118. The zero-order valence-corrected chi connectivity index (χ0v) is 12.6. The van der Waals surface area contributed by atoms with E-state index in [4.69, 9.17) is 0 Å². The van der Waals surface area contributed by atoms with Crippen molar-refractivity contribution in [3.05, 3.63) is 64.2 Å². The molecule has 0 spiro atoms. The van der Waals surface area contributed by atoms with Gasteiger partial charge in [-0.25, -0.2) is 0 Å². The van der Waals surface area contributed by atoms with Crippen molar-refractivity contribution in [2.24, 2.45) is 0 Å². The Balaban J connectivity index is 2.06. The van der Waals surface area contributed by atoms with E-state index in [1.165, 1.54) is 16.7 Å². The molecule has 0 heterocycles. The van der Waals surface area contributed by atoms with Crippen molar-refractivity contribution < 1.29 is 4.79 Å². The Kier molecular flexibility index (Phi) is 4.23. The van der Waals surface area contributed by atoms with Crippen molar-refractivity contribution in [1.29, 1.82) is 0 Å². The monoisotopic (exact) mass is 267 g/mol. The van der Waals surface area contributed by atoms with Crippen LogP contribution in [-0.4, -0.2) is 12.3 Å². The summed E-state index contributed by atoms with van der Waals surface area (Å²) in [5.74, 6) is 0.118. The van der Waals surface area contributed by atoms with Gasteiger partial charge < -0.3 is 5.32 Å². The Labute approximate surface area is 120 Å². The zero-order chi connectivity index (χ0) is 14.7. The van der Waals surface area contributed by atoms with Gasteiger partial charge in [0.1, 0.15) is 0 Å². The van der Waals surface area contributed by atoms with Crippen LogP contribution >= 0.6 is 0 Å². The molecule has 0 radical (unpaired) electrons. The first-order valence-electron chi connectivity index (χ1n) is 6.88. The molecule has 0 saturated heterocycles. The molecule has 0 fully saturated rings. The summed E-state index contributed by atoms with van der Waals surface area (Å²) in [7, 11) is 0. The molecule has 0 unspecified atom stereocenters. The predicted octanol–water partition coefficient (Wildman–Crippen LogP) is 4.22. The lowest BCUT2D eigenvalue weighted by Crippen LogP contribution is -2.14. The van der Waals surface area contributed by atoms with Crippen LogP contribution in [0.1, 0.15) is 32.6 Å². The van der Waals surface area contributed by atoms with Crippen molar-refractivity contribution >= 4 is 11.5 Å².